The molecule has 1 saturated heterocycles. The lowest BCUT2D eigenvalue weighted by molar-refractivity contribution is -0.919. The summed E-state index contributed by atoms with van der Waals surface area (Å²) in [6, 6.07) is 19.3. The summed E-state index contributed by atoms with van der Waals surface area (Å²) in [5, 5.41) is 0. The number of rotatable bonds is 4. The summed E-state index contributed by atoms with van der Waals surface area (Å²) < 4.78 is 0. The number of carbonyl (C=O) groups excluding carboxylic acids is 1. The first-order chi connectivity index (χ1) is 10.7. The van der Waals surface area contributed by atoms with Gasteiger partial charge in [-0.1, -0.05) is 54.6 Å². The second-order valence-corrected chi connectivity index (χ2v) is 6.17. The van der Waals surface area contributed by atoms with Crippen LogP contribution in [0.2, 0.25) is 0 Å². The molecule has 114 valence electrons. The van der Waals surface area contributed by atoms with E-state index in [0.29, 0.717) is 0 Å². The topological polar surface area (TPSA) is 47.5 Å². The van der Waals surface area contributed by atoms with Gasteiger partial charge < -0.3 is 10.6 Å². The molecule has 0 bridgehead atoms. The molecule has 0 radical (unpaired) electrons. The largest absolute Gasteiger partial charge is 0.369 e. The summed E-state index contributed by atoms with van der Waals surface area (Å²) >= 11 is 0. The maximum Gasteiger partial charge on any atom is 0.220 e. The molecule has 0 saturated carbocycles. The number of benzene rings is 2. The van der Waals surface area contributed by atoms with E-state index in [1.807, 2.05) is 6.07 Å². The molecule has 1 heterocycles. The Labute approximate surface area is 131 Å². The lowest BCUT2D eigenvalue weighted by Gasteiger charge is -2.27. The van der Waals surface area contributed by atoms with Crippen LogP contribution in [-0.4, -0.2) is 19.0 Å². The SMILES string of the molecule is NC(=O)C1CC[NH+](Cc2ccc(-c3ccccc3)cc2)CC1. The van der Waals surface area contributed by atoms with Crippen LogP contribution in [0.15, 0.2) is 54.6 Å². The Morgan fingerprint density at radius 2 is 1.55 bits per heavy atom. The molecule has 3 nitrogen and oxygen atoms in total. The lowest BCUT2D eigenvalue weighted by Crippen LogP contribution is -3.11. The number of quaternary nitrogens is 1. The molecular weight excluding hydrogens is 272 g/mol. The zero-order valence-electron chi connectivity index (χ0n) is 12.8. The molecular formula is C19H23N2O+. The van der Waals surface area contributed by atoms with Gasteiger partial charge in [-0.15, -0.1) is 0 Å². The standard InChI is InChI=1S/C19H22N2O/c20-19(22)18-10-12-21(13-11-18)14-15-6-8-17(9-7-15)16-4-2-1-3-5-16/h1-9,18H,10-14H2,(H2,20,22)/p+1. The number of amides is 1. The number of hydrogen-bond donors (Lipinski definition) is 2. The van der Waals surface area contributed by atoms with Crippen molar-refractivity contribution < 1.29 is 9.69 Å². The fourth-order valence-electron chi connectivity index (χ4n) is 3.22. The molecule has 3 N–H and O–H groups in total. The second-order valence-electron chi connectivity index (χ2n) is 6.17. The van der Waals surface area contributed by atoms with Crippen LogP contribution in [0.4, 0.5) is 0 Å². The third kappa shape index (κ3) is 3.55. The predicted octanol–water partition coefficient (Wildman–Crippen LogP) is 1.63. The molecule has 3 heteroatoms. The minimum Gasteiger partial charge on any atom is -0.369 e. The van der Waals surface area contributed by atoms with Crippen molar-refractivity contribution in [1.29, 1.82) is 0 Å². The van der Waals surface area contributed by atoms with Gasteiger partial charge in [0.2, 0.25) is 5.91 Å². The van der Waals surface area contributed by atoms with Crippen molar-refractivity contribution >= 4 is 5.91 Å². The number of carbonyl (C=O) groups is 1. The normalized spacial score (nSPS) is 21.5. The quantitative estimate of drug-likeness (QED) is 0.885. The van der Waals surface area contributed by atoms with Crippen LogP contribution in [0, 0.1) is 5.92 Å². The summed E-state index contributed by atoms with van der Waals surface area (Å²) in [5.74, 6) is -0.0459. The average Bonchev–Trinajstić information content (AvgIpc) is 2.57. The van der Waals surface area contributed by atoms with Crippen molar-refractivity contribution in [2.24, 2.45) is 11.7 Å². The third-order valence-electron chi connectivity index (χ3n) is 4.61. The van der Waals surface area contributed by atoms with Gasteiger partial charge >= 0.3 is 0 Å². The van der Waals surface area contributed by atoms with Crippen LogP contribution in [0.25, 0.3) is 11.1 Å². The third-order valence-corrected chi connectivity index (χ3v) is 4.61. The van der Waals surface area contributed by atoms with Crippen molar-refractivity contribution in [3.63, 3.8) is 0 Å². The first-order valence-electron chi connectivity index (χ1n) is 7.99. The van der Waals surface area contributed by atoms with Gasteiger partial charge in [-0.25, -0.2) is 0 Å². The van der Waals surface area contributed by atoms with Crippen LogP contribution >= 0.6 is 0 Å². The average molecular weight is 295 g/mol. The van der Waals surface area contributed by atoms with E-state index in [1.54, 1.807) is 4.90 Å². The Morgan fingerprint density at radius 1 is 0.955 bits per heavy atom. The van der Waals surface area contributed by atoms with Gasteiger partial charge in [0.05, 0.1) is 13.1 Å². The Bertz CT molecular complexity index is 614. The molecule has 1 fully saturated rings. The lowest BCUT2D eigenvalue weighted by atomic mass is 9.96. The van der Waals surface area contributed by atoms with Gasteiger partial charge in [0.15, 0.2) is 0 Å². The highest BCUT2D eigenvalue weighted by molar-refractivity contribution is 5.76. The first-order valence-corrected chi connectivity index (χ1v) is 7.99. The van der Waals surface area contributed by atoms with E-state index in [-0.39, 0.29) is 11.8 Å². The van der Waals surface area contributed by atoms with Crippen LogP contribution in [0.3, 0.4) is 0 Å². The Morgan fingerprint density at radius 3 is 2.14 bits per heavy atom. The summed E-state index contributed by atoms with van der Waals surface area (Å²) in [6.07, 6.45) is 1.85. The highest BCUT2D eigenvalue weighted by atomic mass is 16.1. The van der Waals surface area contributed by atoms with E-state index in [2.05, 4.69) is 48.5 Å². The van der Waals surface area contributed by atoms with E-state index >= 15 is 0 Å². The van der Waals surface area contributed by atoms with Crippen molar-refractivity contribution in [2.45, 2.75) is 19.4 Å². The van der Waals surface area contributed by atoms with Gasteiger partial charge in [0.1, 0.15) is 6.54 Å². The van der Waals surface area contributed by atoms with Crippen LogP contribution < -0.4 is 10.6 Å². The number of nitrogens with one attached hydrogen (secondary N) is 1. The van der Waals surface area contributed by atoms with Gasteiger partial charge in [-0.05, 0) is 11.1 Å². The van der Waals surface area contributed by atoms with E-state index in [1.165, 1.54) is 16.7 Å². The Balaban J connectivity index is 1.59. The molecule has 1 aliphatic heterocycles. The molecule has 1 amide bonds. The highest BCUT2D eigenvalue weighted by Gasteiger charge is 2.25. The minimum atomic E-state index is -0.133. The zero-order chi connectivity index (χ0) is 15.4. The molecule has 0 unspecified atom stereocenters. The molecule has 0 aliphatic carbocycles. The monoisotopic (exact) mass is 295 g/mol. The predicted molar refractivity (Wildman–Crippen MR) is 88.2 cm³/mol. The maximum absolute atomic E-state index is 11.2. The van der Waals surface area contributed by atoms with Crippen LogP contribution in [-0.2, 0) is 11.3 Å². The van der Waals surface area contributed by atoms with Crippen molar-refractivity contribution in [2.75, 3.05) is 13.1 Å². The van der Waals surface area contributed by atoms with Crippen LogP contribution in [0.5, 0.6) is 0 Å². The number of hydrogen-bond acceptors (Lipinski definition) is 1. The van der Waals surface area contributed by atoms with Crippen molar-refractivity contribution in [1.82, 2.24) is 0 Å². The summed E-state index contributed by atoms with van der Waals surface area (Å²) in [6.45, 7) is 3.10. The Hall–Kier alpha value is -2.13. The molecule has 2 aromatic carbocycles. The summed E-state index contributed by atoms with van der Waals surface area (Å²) in [4.78, 5) is 12.8. The smallest absolute Gasteiger partial charge is 0.220 e. The molecule has 1 aliphatic rings. The zero-order valence-corrected chi connectivity index (χ0v) is 12.8. The van der Waals surface area contributed by atoms with E-state index in [4.69, 9.17) is 5.73 Å². The molecule has 3 rings (SSSR count). The van der Waals surface area contributed by atoms with E-state index in [9.17, 15) is 4.79 Å². The van der Waals surface area contributed by atoms with Crippen LogP contribution in [0.1, 0.15) is 18.4 Å². The van der Waals surface area contributed by atoms with Gasteiger partial charge in [0.25, 0.3) is 0 Å². The fourth-order valence-corrected chi connectivity index (χ4v) is 3.22. The Kier molecular flexibility index (Phi) is 4.54. The fraction of sp³-hybridized carbons (Fsp3) is 0.316. The molecule has 22 heavy (non-hydrogen) atoms. The second kappa shape index (κ2) is 6.75. The maximum atomic E-state index is 11.2. The summed E-state index contributed by atoms with van der Waals surface area (Å²) in [5.41, 5.74) is 9.25. The van der Waals surface area contributed by atoms with Gasteiger partial charge in [-0.2, -0.15) is 0 Å². The number of likely N-dealkylation sites (tertiary alicyclic amines) is 1. The molecule has 0 aromatic heterocycles. The van der Waals surface area contributed by atoms with E-state index < -0.39 is 0 Å². The number of piperidine rings is 1. The van der Waals surface area contributed by atoms with E-state index in [0.717, 1.165) is 32.5 Å². The number of nitrogens with two attached hydrogens (primary N) is 1. The number of primary amides is 1. The first kappa shape index (κ1) is 14.8. The molecule has 0 spiro atoms. The molecule has 2 aromatic rings. The minimum absolute atomic E-state index is 0.0872. The van der Waals surface area contributed by atoms with Crippen molar-refractivity contribution in [3.8, 4) is 11.1 Å². The van der Waals surface area contributed by atoms with Crippen molar-refractivity contribution in [3.05, 3.63) is 60.2 Å². The van der Waals surface area contributed by atoms with Gasteiger partial charge in [0, 0.05) is 24.3 Å². The molecule has 0 atom stereocenters. The highest BCUT2D eigenvalue weighted by Crippen LogP contribution is 2.19. The summed E-state index contributed by atoms with van der Waals surface area (Å²) in [7, 11) is 0. The van der Waals surface area contributed by atoms with Gasteiger partial charge in [-0.3, -0.25) is 4.79 Å².